The van der Waals surface area contributed by atoms with E-state index in [0.29, 0.717) is 32.0 Å². The fraction of sp³-hybridized carbons (Fsp3) is 0.750. The van der Waals surface area contributed by atoms with E-state index < -0.39 is 6.04 Å². The van der Waals surface area contributed by atoms with E-state index >= 15 is 0 Å². The average molecular weight is 376 g/mol. The van der Waals surface area contributed by atoms with Crippen LogP contribution in [0, 0.1) is 19.8 Å². The van der Waals surface area contributed by atoms with Crippen molar-refractivity contribution in [2.45, 2.75) is 77.3 Å². The lowest BCUT2D eigenvalue weighted by atomic mass is 9.94. The SMILES string of the molecule is Cc1n[nH]c(C)c1C(N)C(=O)N1CCC(C(=O)NC2CCCCCC2)CC1. The van der Waals surface area contributed by atoms with Crippen molar-refractivity contribution in [2.24, 2.45) is 11.7 Å². The molecule has 0 spiro atoms. The van der Waals surface area contributed by atoms with Crippen LogP contribution in [0.2, 0.25) is 0 Å². The highest BCUT2D eigenvalue weighted by molar-refractivity contribution is 5.84. The first-order chi connectivity index (χ1) is 13.0. The molecule has 0 bridgehead atoms. The molecule has 2 aliphatic rings. The van der Waals surface area contributed by atoms with Gasteiger partial charge in [-0.3, -0.25) is 14.7 Å². The third-order valence-electron chi connectivity index (χ3n) is 6.14. The van der Waals surface area contributed by atoms with Crippen LogP contribution in [0.3, 0.4) is 0 Å². The van der Waals surface area contributed by atoms with Crippen LogP contribution < -0.4 is 11.1 Å². The molecule has 2 heterocycles. The Morgan fingerprint density at radius 3 is 2.30 bits per heavy atom. The van der Waals surface area contributed by atoms with Gasteiger partial charge < -0.3 is 16.0 Å². The van der Waals surface area contributed by atoms with E-state index in [1.54, 1.807) is 4.90 Å². The van der Waals surface area contributed by atoms with Gasteiger partial charge in [0.15, 0.2) is 0 Å². The fourth-order valence-electron chi connectivity index (χ4n) is 4.44. The van der Waals surface area contributed by atoms with Gasteiger partial charge in [0.2, 0.25) is 11.8 Å². The predicted octanol–water partition coefficient (Wildman–Crippen LogP) is 2.10. The molecule has 4 N–H and O–H groups in total. The van der Waals surface area contributed by atoms with Gasteiger partial charge in [0, 0.05) is 36.3 Å². The van der Waals surface area contributed by atoms with Gasteiger partial charge in [-0.2, -0.15) is 5.10 Å². The van der Waals surface area contributed by atoms with Crippen LogP contribution in [0.5, 0.6) is 0 Å². The zero-order chi connectivity index (χ0) is 19.4. The van der Waals surface area contributed by atoms with Gasteiger partial charge in [-0.05, 0) is 39.5 Å². The minimum atomic E-state index is -0.694. The second kappa shape index (κ2) is 8.87. The molecule has 0 radical (unpaired) electrons. The Balaban J connectivity index is 1.50. The number of nitrogens with zero attached hydrogens (tertiary/aromatic N) is 2. The summed E-state index contributed by atoms with van der Waals surface area (Å²) in [6, 6.07) is -0.361. The molecule has 150 valence electrons. The summed E-state index contributed by atoms with van der Waals surface area (Å²) in [7, 11) is 0. The van der Waals surface area contributed by atoms with E-state index in [9.17, 15) is 9.59 Å². The number of carbonyl (C=O) groups excluding carboxylic acids is 2. The summed E-state index contributed by atoms with van der Waals surface area (Å²) < 4.78 is 0. The Kier molecular flexibility index (Phi) is 6.52. The number of rotatable bonds is 4. The van der Waals surface area contributed by atoms with Gasteiger partial charge in [-0.15, -0.1) is 0 Å². The van der Waals surface area contributed by atoms with Gasteiger partial charge in [0.1, 0.15) is 6.04 Å². The highest BCUT2D eigenvalue weighted by Gasteiger charge is 2.32. The van der Waals surface area contributed by atoms with Gasteiger partial charge in [-0.25, -0.2) is 0 Å². The molecule has 2 amide bonds. The van der Waals surface area contributed by atoms with Crippen LogP contribution in [0.4, 0.5) is 0 Å². The lowest BCUT2D eigenvalue weighted by Crippen LogP contribution is -2.47. The second-order valence-corrected chi connectivity index (χ2v) is 8.12. The maximum absolute atomic E-state index is 12.8. The largest absolute Gasteiger partial charge is 0.353 e. The number of H-pyrrole nitrogens is 1. The Labute approximate surface area is 161 Å². The number of hydrogen-bond acceptors (Lipinski definition) is 4. The van der Waals surface area contributed by atoms with E-state index in [1.165, 1.54) is 25.7 Å². The molecule has 3 rings (SSSR count). The number of aromatic amines is 1. The summed E-state index contributed by atoms with van der Waals surface area (Å²) in [6.45, 7) is 4.92. The van der Waals surface area contributed by atoms with Gasteiger partial charge >= 0.3 is 0 Å². The fourth-order valence-corrected chi connectivity index (χ4v) is 4.44. The summed E-state index contributed by atoms with van der Waals surface area (Å²) >= 11 is 0. The number of carbonyl (C=O) groups is 2. The highest BCUT2D eigenvalue weighted by atomic mass is 16.2. The average Bonchev–Trinajstić information content (AvgIpc) is 2.86. The Bertz CT molecular complexity index is 636. The second-order valence-electron chi connectivity index (χ2n) is 8.12. The minimum Gasteiger partial charge on any atom is -0.353 e. The lowest BCUT2D eigenvalue weighted by Gasteiger charge is -2.33. The summed E-state index contributed by atoms with van der Waals surface area (Å²) in [4.78, 5) is 27.2. The number of amides is 2. The molecular weight excluding hydrogens is 342 g/mol. The molecule has 7 nitrogen and oxygen atoms in total. The number of nitrogens with two attached hydrogens (primary N) is 1. The van der Waals surface area contributed by atoms with Gasteiger partial charge in [0.05, 0.1) is 5.69 Å². The van der Waals surface area contributed by atoms with Crippen molar-refractivity contribution in [3.63, 3.8) is 0 Å². The van der Waals surface area contributed by atoms with Crippen molar-refractivity contribution in [3.8, 4) is 0 Å². The highest BCUT2D eigenvalue weighted by Crippen LogP contribution is 2.24. The molecule has 1 unspecified atom stereocenters. The van der Waals surface area contributed by atoms with Crippen LogP contribution in [0.15, 0.2) is 0 Å². The van der Waals surface area contributed by atoms with Crippen LogP contribution in [0.25, 0.3) is 0 Å². The van der Waals surface area contributed by atoms with Crippen molar-refractivity contribution in [1.29, 1.82) is 0 Å². The maximum atomic E-state index is 12.8. The van der Waals surface area contributed by atoms with Crippen molar-refractivity contribution >= 4 is 11.8 Å². The Morgan fingerprint density at radius 1 is 1.11 bits per heavy atom. The summed E-state index contributed by atoms with van der Waals surface area (Å²) in [5, 5.41) is 10.3. The molecule has 1 aromatic rings. The molecule has 1 saturated heterocycles. The van der Waals surface area contributed by atoms with Gasteiger partial charge in [-0.1, -0.05) is 25.7 Å². The molecule has 1 aliphatic heterocycles. The van der Waals surface area contributed by atoms with Gasteiger partial charge in [0.25, 0.3) is 0 Å². The van der Waals surface area contributed by atoms with Crippen molar-refractivity contribution in [1.82, 2.24) is 20.4 Å². The maximum Gasteiger partial charge on any atom is 0.244 e. The number of piperidine rings is 1. The van der Waals surface area contributed by atoms with E-state index in [2.05, 4.69) is 15.5 Å². The molecule has 1 aliphatic carbocycles. The Hall–Kier alpha value is -1.89. The summed E-state index contributed by atoms with van der Waals surface area (Å²) in [5.41, 5.74) is 8.61. The monoisotopic (exact) mass is 375 g/mol. The first-order valence-electron chi connectivity index (χ1n) is 10.3. The summed E-state index contributed by atoms with van der Waals surface area (Å²) in [6.07, 6.45) is 8.60. The van der Waals surface area contributed by atoms with E-state index in [1.807, 2.05) is 13.8 Å². The molecule has 1 atom stereocenters. The molecule has 1 saturated carbocycles. The number of aryl methyl sites for hydroxylation is 2. The van der Waals surface area contributed by atoms with E-state index in [-0.39, 0.29) is 17.7 Å². The third kappa shape index (κ3) is 4.69. The minimum absolute atomic E-state index is 0.00549. The quantitative estimate of drug-likeness (QED) is 0.701. The summed E-state index contributed by atoms with van der Waals surface area (Å²) in [5.74, 6) is 0.0935. The van der Waals surface area contributed by atoms with Crippen LogP contribution >= 0.6 is 0 Å². The van der Waals surface area contributed by atoms with E-state index in [0.717, 1.165) is 29.8 Å². The molecule has 0 aromatic carbocycles. The standard InChI is InChI=1S/C20H33N5O2/c1-13-17(14(2)24-23-13)18(21)20(27)25-11-9-15(10-12-25)19(26)22-16-7-5-3-4-6-8-16/h15-16,18H,3-12,21H2,1-2H3,(H,22,26)(H,23,24). The number of likely N-dealkylation sites (tertiary alicyclic amines) is 1. The predicted molar refractivity (Wildman–Crippen MR) is 104 cm³/mol. The van der Waals surface area contributed by atoms with E-state index in [4.69, 9.17) is 5.73 Å². The Morgan fingerprint density at radius 2 is 1.74 bits per heavy atom. The zero-order valence-electron chi connectivity index (χ0n) is 16.6. The number of nitrogens with one attached hydrogen (secondary N) is 2. The number of hydrogen-bond donors (Lipinski definition) is 3. The molecular formula is C20H33N5O2. The smallest absolute Gasteiger partial charge is 0.244 e. The first kappa shape index (κ1) is 19.9. The van der Waals surface area contributed by atoms with Crippen molar-refractivity contribution in [2.75, 3.05) is 13.1 Å². The number of aromatic nitrogens is 2. The molecule has 1 aromatic heterocycles. The zero-order valence-corrected chi connectivity index (χ0v) is 16.6. The normalized spacial score (nSPS) is 20.9. The first-order valence-corrected chi connectivity index (χ1v) is 10.3. The molecule has 7 heteroatoms. The topological polar surface area (TPSA) is 104 Å². The third-order valence-corrected chi connectivity index (χ3v) is 6.14. The van der Waals surface area contributed by atoms with Crippen LogP contribution in [-0.4, -0.2) is 46.0 Å². The van der Waals surface area contributed by atoms with Crippen LogP contribution in [0.1, 0.15) is 74.4 Å². The lowest BCUT2D eigenvalue weighted by molar-refractivity contribution is -0.137. The molecule has 2 fully saturated rings. The van der Waals surface area contributed by atoms with Crippen LogP contribution in [-0.2, 0) is 9.59 Å². The van der Waals surface area contributed by atoms with Crippen molar-refractivity contribution < 1.29 is 9.59 Å². The van der Waals surface area contributed by atoms with Crippen molar-refractivity contribution in [3.05, 3.63) is 17.0 Å². The molecule has 27 heavy (non-hydrogen) atoms.